The molecule has 2 aromatic rings. The zero-order valence-electron chi connectivity index (χ0n) is 8.33. The highest BCUT2D eigenvalue weighted by molar-refractivity contribution is 5.81. The number of fused-ring (bicyclic) bond motifs is 1. The molecule has 0 aliphatic carbocycles. The summed E-state index contributed by atoms with van der Waals surface area (Å²) in [6.45, 7) is 0. The summed E-state index contributed by atoms with van der Waals surface area (Å²) >= 11 is 0. The van der Waals surface area contributed by atoms with Crippen LogP contribution in [-0.4, -0.2) is 12.2 Å². The van der Waals surface area contributed by atoms with Crippen molar-refractivity contribution in [2.24, 2.45) is 0 Å². The van der Waals surface area contributed by atoms with Crippen molar-refractivity contribution in [3.05, 3.63) is 59.3 Å². The van der Waals surface area contributed by atoms with Gasteiger partial charge in [0.2, 0.25) is 0 Å². The largest absolute Gasteiger partial charge is 0.724 e. The van der Waals surface area contributed by atoms with Crippen molar-refractivity contribution in [1.29, 1.82) is 0 Å². The Labute approximate surface area is 92.5 Å². The van der Waals surface area contributed by atoms with Crippen LogP contribution in [0.4, 0.5) is 0 Å². The Kier molecular flexibility index (Phi) is 7.60. The van der Waals surface area contributed by atoms with Crippen LogP contribution in [0.15, 0.2) is 48.5 Å². The topological polar surface area (TPSA) is 78.7 Å². The van der Waals surface area contributed by atoms with Gasteiger partial charge < -0.3 is 10.8 Å². The summed E-state index contributed by atoms with van der Waals surface area (Å²) in [7, 11) is 0. The number of hydrogen-bond acceptors (Lipinski definition) is 2. The molecule has 2 rings (SSSR count). The molecule has 0 heterocycles. The summed E-state index contributed by atoms with van der Waals surface area (Å²) in [6.07, 6.45) is 1.00. The third-order valence-electron chi connectivity index (χ3n) is 1.66. The van der Waals surface area contributed by atoms with Crippen molar-refractivity contribution >= 4 is 22.9 Å². The second-order valence-corrected chi connectivity index (χ2v) is 2.53. The Morgan fingerprint density at radius 2 is 0.875 bits per heavy atom. The van der Waals surface area contributed by atoms with E-state index in [4.69, 9.17) is 20.4 Å². The predicted molar refractivity (Wildman–Crippen MR) is 62.1 cm³/mol. The van der Waals surface area contributed by atoms with Gasteiger partial charge in [-0.25, -0.2) is 0 Å². The second-order valence-electron chi connectivity index (χ2n) is 2.53. The Morgan fingerprint density at radius 1 is 0.688 bits per heavy atom. The van der Waals surface area contributed by atoms with Crippen molar-refractivity contribution in [2.75, 3.05) is 0 Å². The fourth-order valence-electron chi connectivity index (χ4n) is 1.13. The zero-order valence-corrected chi connectivity index (χ0v) is 8.33. The lowest BCUT2D eigenvalue weighted by atomic mass is 10.1. The maximum Gasteiger partial charge on any atom is -0.0159 e. The van der Waals surface area contributed by atoms with Gasteiger partial charge in [0.05, 0.1) is 0 Å². The minimum Gasteiger partial charge on any atom is -0.724 e. The molecule has 4 heteroatoms. The van der Waals surface area contributed by atoms with Gasteiger partial charge in [-0.05, 0) is 22.9 Å². The van der Waals surface area contributed by atoms with E-state index >= 15 is 0 Å². The van der Waals surface area contributed by atoms with E-state index in [9.17, 15) is 0 Å². The van der Waals surface area contributed by atoms with Gasteiger partial charge in [-0.2, -0.15) is 0 Å². The molecule has 0 saturated heterocycles. The monoisotopic (exact) mass is 212 g/mol. The van der Waals surface area contributed by atoms with Crippen LogP contribution in [0.2, 0.25) is 0 Å². The summed E-state index contributed by atoms with van der Waals surface area (Å²) < 4.78 is 0. The van der Waals surface area contributed by atoms with Crippen LogP contribution >= 0.6 is 0 Å². The highest BCUT2D eigenvalue weighted by atomic mass is 16.1. The van der Waals surface area contributed by atoms with Crippen LogP contribution in [0.5, 0.6) is 0 Å². The quantitative estimate of drug-likeness (QED) is 0.497. The first-order chi connectivity index (χ1) is 7.79. The van der Waals surface area contributed by atoms with E-state index in [1.165, 1.54) is 10.8 Å². The summed E-state index contributed by atoms with van der Waals surface area (Å²) in [4.78, 5) is 16.5. The van der Waals surface area contributed by atoms with Gasteiger partial charge >= 0.3 is 0 Å². The molecule has 0 spiro atoms. The standard InChI is InChI=1S/C10H8.2CNO/c1-2-6-10-8-4-3-7-9(10)5-1;2*2-1-3/h1-8H;;/q;2*-1. The van der Waals surface area contributed by atoms with Crippen LogP contribution < -0.4 is 0 Å². The predicted octanol–water partition coefficient (Wildman–Crippen LogP) is 2.62. The Bertz CT molecular complexity index is 420. The van der Waals surface area contributed by atoms with Crippen LogP contribution in [0, 0.1) is 0 Å². The van der Waals surface area contributed by atoms with E-state index in [1.807, 2.05) is 0 Å². The van der Waals surface area contributed by atoms with Gasteiger partial charge in [-0.15, -0.1) is 0 Å². The van der Waals surface area contributed by atoms with Crippen molar-refractivity contribution < 1.29 is 9.59 Å². The third-order valence-corrected chi connectivity index (χ3v) is 1.66. The van der Waals surface area contributed by atoms with Crippen LogP contribution in [-0.2, 0) is 9.59 Å². The summed E-state index contributed by atoms with van der Waals surface area (Å²) in [5.41, 5.74) is 0. The van der Waals surface area contributed by atoms with Gasteiger partial charge in [-0.1, -0.05) is 48.5 Å². The molecule has 16 heavy (non-hydrogen) atoms. The maximum absolute atomic E-state index is 8.24. The zero-order chi connectivity index (χ0) is 12.2. The molecule has 0 radical (unpaired) electrons. The van der Waals surface area contributed by atoms with Gasteiger partial charge in [0.15, 0.2) is 0 Å². The van der Waals surface area contributed by atoms with E-state index in [0.29, 0.717) is 12.2 Å². The van der Waals surface area contributed by atoms with Crippen molar-refractivity contribution in [3.63, 3.8) is 0 Å². The highest BCUT2D eigenvalue weighted by Crippen LogP contribution is 2.11. The van der Waals surface area contributed by atoms with Crippen LogP contribution in [0.1, 0.15) is 0 Å². The SMILES string of the molecule is [N-]=C=O.[N-]=C=O.c1ccc2ccccc2c1. The fourth-order valence-corrected chi connectivity index (χ4v) is 1.13. The van der Waals surface area contributed by atoms with Crippen molar-refractivity contribution in [3.8, 4) is 0 Å². The molecule has 80 valence electrons. The first-order valence-corrected chi connectivity index (χ1v) is 4.26. The minimum atomic E-state index is 0.500. The molecule has 0 aromatic heterocycles. The highest BCUT2D eigenvalue weighted by Gasteiger charge is 1.85. The van der Waals surface area contributed by atoms with E-state index in [0.717, 1.165) is 0 Å². The molecule has 0 amide bonds. The normalized spacial score (nSPS) is 7.25. The molecule has 0 N–H and O–H groups in total. The molecule has 2 aromatic carbocycles. The Morgan fingerprint density at radius 3 is 1.06 bits per heavy atom. The van der Waals surface area contributed by atoms with E-state index in [-0.39, 0.29) is 0 Å². The molecule has 0 saturated carbocycles. The molecule has 0 aliphatic rings. The van der Waals surface area contributed by atoms with E-state index in [2.05, 4.69) is 48.5 Å². The van der Waals surface area contributed by atoms with E-state index < -0.39 is 0 Å². The average molecular weight is 212 g/mol. The smallest absolute Gasteiger partial charge is 0.0159 e. The first-order valence-electron chi connectivity index (χ1n) is 4.26. The van der Waals surface area contributed by atoms with Crippen LogP contribution in [0.3, 0.4) is 0 Å². The molecule has 0 aliphatic heterocycles. The minimum absolute atomic E-state index is 0.500. The van der Waals surface area contributed by atoms with Gasteiger partial charge in [-0.3, -0.25) is 9.59 Å². The lowest BCUT2D eigenvalue weighted by Crippen LogP contribution is -1.67. The molecule has 4 nitrogen and oxygen atoms in total. The van der Waals surface area contributed by atoms with Gasteiger partial charge in [0.25, 0.3) is 0 Å². The van der Waals surface area contributed by atoms with E-state index in [1.54, 1.807) is 0 Å². The third kappa shape index (κ3) is 5.25. The van der Waals surface area contributed by atoms with Crippen molar-refractivity contribution in [1.82, 2.24) is 0 Å². The number of isocyanates is 2. The number of nitrogens with zero attached hydrogens (tertiary/aromatic N) is 2. The second kappa shape index (κ2) is 9.03. The molecule has 0 fully saturated rings. The summed E-state index contributed by atoms with van der Waals surface area (Å²) in [5.74, 6) is 0. The molecular formula is C12H8N2O2-2. The van der Waals surface area contributed by atoms with Gasteiger partial charge in [0.1, 0.15) is 0 Å². The molecule has 0 unspecified atom stereocenters. The molecular weight excluding hydrogens is 204 g/mol. The lowest BCUT2D eigenvalue weighted by Gasteiger charge is -1.92. The number of carbonyl (C=O) groups excluding carboxylic acids is 2. The molecule has 0 bridgehead atoms. The van der Waals surface area contributed by atoms with Crippen LogP contribution in [0.25, 0.3) is 21.6 Å². The summed E-state index contributed by atoms with van der Waals surface area (Å²) in [5, 5.41) is 16.1. The number of benzene rings is 2. The Balaban J connectivity index is 0.000000321. The van der Waals surface area contributed by atoms with Crippen molar-refractivity contribution in [2.45, 2.75) is 0 Å². The summed E-state index contributed by atoms with van der Waals surface area (Å²) in [6, 6.07) is 16.7. The average Bonchev–Trinajstić information content (AvgIpc) is 2.31. The Hall–Kier alpha value is -2.54. The van der Waals surface area contributed by atoms with Gasteiger partial charge in [0, 0.05) is 0 Å². The lowest BCUT2D eigenvalue weighted by molar-refractivity contribution is 0.568. The fraction of sp³-hybridized carbons (Fsp3) is 0. The molecule has 0 atom stereocenters. The number of rotatable bonds is 0. The number of hydrogen-bond donors (Lipinski definition) is 0. The maximum atomic E-state index is 8.24. The first kappa shape index (κ1) is 13.5.